The SMILES string of the molecule is COc1ccc(S(=O)(=O)NCCCN(CCCNS(=O)(=O)c2ccc(OC)cc2)Cc2ccccc2)cc1.Cl. The van der Waals surface area contributed by atoms with Crippen LogP contribution in [0.15, 0.2) is 88.7 Å². The van der Waals surface area contributed by atoms with E-state index in [2.05, 4.69) is 14.3 Å². The van der Waals surface area contributed by atoms with E-state index in [0.29, 0.717) is 44.0 Å². The van der Waals surface area contributed by atoms with Crippen molar-refractivity contribution in [3.8, 4) is 11.5 Å². The first-order chi connectivity index (χ1) is 18.2. The van der Waals surface area contributed by atoms with E-state index >= 15 is 0 Å². The van der Waals surface area contributed by atoms with E-state index < -0.39 is 20.0 Å². The number of ether oxygens (including phenoxy) is 2. The minimum atomic E-state index is -3.62. The molecule has 0 aliphatic rings. The predicted octanol–water partition coefficient (Wildman–Crippen LogP) is 3.66. The Morgan fingerprint density at radius 2 is 1.05 bits per heavy atom. The Morgan fingerprint density at radius 1 is 0.641 bits per heavy atom. The largest absolute Gasteiger partial charge is 0.497 e. The van der Waals surface area contributed by atoms with Crippen molar-refractivity contribution in [2.75, 3.05) is 40.4 Å². The number of rotatable bonds is 16. The fraction of sp³-hybridized carbons (Fsp3) is 0.333. The van der Waals surface area contributed by atoms with Gasteiger partial charge in [0.1, 0.15) is 11.5 Å². The third kappa shape index (κ3) is 10.4. The first-order valence-corrected chi connectivity index (χ1v) is 15.2. The summed E-state index contributed by atoms with van der Waals surface area (Å²) in [5, 5.41) is 0. The fourth-order valence-corrected chi connectivity index (χ4v) is 5.95. The summed E-state index contributed by atoms with van der Waals surface area (Å²) < 4.78 is 65.8. The van der Waals surface area contributed by atoms with Crippen molar-refractivity contribution in [2.24, 2.45) is 0 Å². The highest BCUT2D eigenvalue weighted by Gasteiger charge is 2.15. The van der Waals surface area contributed by atoms with Crippen LogP contribution in [-0.4, -0.2) is 62.1 Å². The normalized spacial score (nSPS) is 11.7. The Morgan fingerprint density at radius 3 is 1.44 bits per heavy atom. The predicted molar refractivity (Wildman–Crippen MR) is 155 cm³/mol. The molecule has 3 aromatic rings. The van der Waals surface area contributed by atoms with Crippen LogP contribution >= 0.6 is 12.4 Å². The maximum atomic E-state index is 12.6. The van der Waals surface area contributed by atoms with Gasteiger partial charge in [0.15, 0.2) is 0 Å². The number of nitrogens with one attached hydrogen (secondary N) is 2. The lowest BCUT2D eigenvalue weighted by atomic mass is 10.2. The number of hydrogen-bond acceptors (Lipinski definition) is 7. The van der Waals surface area contributed by atoms with Crippen LogP contribution in [0.1, 0.15) is 18.4 Å². The molecular weight excluding hydrogens is 562 g/mol. The molecule has 0 radical (unpaired) electrons. The lowest BCUT2D eigenvalue weighted by molar-refractivity contribution is 0.260. The highest BCUT2D eigenvalue weighted by molar-refractivity contribution is 7.89. The summed E-state index contributed by atoms with van der Waals surface area (Å²) in [6, 6.07) is 22.4. The maximum absolute atomic E-state index is 12.6. The molecule has 3 rings (SSSR count). The van der Waals surface area contributed by atoms with E-state index in [1.54, 1.807) is 24.3 Å². The Hall–Kier alpha value is -2.67. The summed E-state index contributed by atoms with van der Waals surface area (Å²) in [5.74, 6) is 1.18. The average molecular weight is 598 g/mol. The number of halogens is 1. The number of benzene rings is 3. The van der Waals surface area contributed by atoms with Crippen molar-refractivity contribution in [1.29, 1.82) is 0 Å². The monoisotopic (exact) mass is 597 g/mol. The first-order valence-electron chi connectivity index (χ1n) is 12.3. The highest BCUT2D eigenvalue weighted by Crippen LogP contribution is 2.16. The lowest BCUT2D eigenvalue weighted by Gasteiger charge is -2.22. The topological polar surface area (TPSA) is 114 Å². The molecule has 0 aliphatic carbocycles. The summed E-state index contributed by atoms with van der Waals surface area (Å²) in [4.78, 5) is 2.56. The van der Waals surface area contributed by atoms with Crippen molar-refractivity contribution in [2.45, 2.75) is 29.2 Å². The molecule has 39 heavy (non-hydrogen) atoms. The van der Waals surface area contributed by atoms with Gasteiger partial charge in [0, 0.05) is 19.6 Å². The zero-order valence-electron chi connectivity index (χ0n) is 22.1. The van der Waals surface area contributed by atoms with Crippen LogP contribution in [0.2, 0.25) is 0 Å². The quantitative estimate of drug-likeness (QED) is 0.242. The standard InChI is InChI=1S/C27H35N3O6S2.ClH/c1-35-24-10-14-26(15-11-24)37(31,32)28-18-6-20-30(22-23-8-4-3-5-9-23)21-7-19-29-38(33,34)27-16-12-25(36-2)13-17-27;/h3-5,8-17,28-29H,6-7,18-22H2,1-2H3;1H. The van der Waals surface area contributed by atoms with Crippen molar-refractivity contribution in [3.05, 3.63) is 84.4 Å². The summed E-state index contributed by atoms with van der Waals surface area (Å²) in [6.07, 6.45) is 1.19. The van der Waals surface area contributed by atoms with Gasteiger partial charge >= 0.3 is 0 Å². The third-order valence-electron chi connectivity index (χ3n) is 5.87. The second-order valence-electron chi connectivity index (χ2n) is 8.62. The molecular formula is C27H36ClN3O6S2. The number of nitrogens with zero attached hydrogens (tertiary/aromatic N) is 1. The van der Waals surface area contributed by atoms with E-state index in [9.17, 15) is 16.8 Å². The van der Waals surface area contributed by atoms with Crippen molar-refractivity contribution in [1.82, 2.24) is 14.3 Å². The molecule has 3 aromatic carbocycles. The van der Waals surface area contributed by atoms with Crippen LogP contribution in [-0.2, 0) is 26.6 Å². The Labute approximate surface area is 238 Å². The summed E-state index contributed by atoms with van der Waals surface area (Å²) in [6.45, 7) is 2.53. The first kappa shape index (κ1) is 32.5. The maximum Gasteiger partial charge on any atom is 0.240 e. The molecule has 0 atom stereocenters. The molecule has 0 aromatic heterocycles. The molecule has 0 saturated heterocycles. The minimum absolute atomic E-state index is 0. The average Bonchev–Trinajstić information content (AvgIpc) is 2.93. The Kier molecular flexibility index (Phi) is 13.2. The lowest BCUT2D eigenvalue weighted by Crippen LogP contribution is -2.32. The second kappa shape index (κ2) is 15.8. The van der Waals surface area contributed by atoms with Gasteiger partial charge in [-0.1, -0.05) is 30.3 Å². The van der Waals surface area contributed by atoms with E-state index in [1.807, 2.05) is 30.3 Å². The molecule has 0 saturated carbocycles. The van der Waals surface area contributed by atoms with E-state index in [-0.39, 0.29) is 35.3 Å². The molecule has 12 heteroatoms. The van der Waals surface area contributed by atoms with E-state index in [1.165, 1.54) is 38.5 Å². The third-order valence-corrected chi connectivity index (χ3v) is 8.83. The summed E-state index contributed by atoms with van der Waals surface area (Å²) in [5.41, 5.74) is 1.13. The van der Waals surface area contributed by atoms with E-state index in [0.717, 1.165) is 5.56 Å². The van der Waals surface area contributed by atoms with Gasteiger partial charge in [-0.2, -0.15) is 0 Å². The van der Waals surface area contributed by atoms with Crippen LogP contribution in [0.3, 0.4) is 0 Å². The van der Waals surface area contributed by atoms with Crippen LogP contribution in [0.4, 0.5) is 0 Å². The molecule has 2 N–H and O–H groups in total. The number of methoxy groups -OCH3 is 2. The van der Waals surface area contributed by atoms with Gasteiger partial charge in [-0.25, -0.2) is 26.3 Å². The molecule has 0 amide bonds. The zero-order chi connectivity index (χ0) is 27.4. The highest BCUT2D eigenvalue weighted by atomic mass is 35.5. The molecule has 0 unspecified atom stereocenters. The van der Waals surface area contributed by atoms with Gasteiger partial charge in [-0.15, -0.1) is 12.4 Å². The van der Waals surface area contributed by atoms with Crippen LogP contribution in [0, 0.1) is 0 Å². The second-order valence-corrected chi connectivity index (χ2v) is 12.1. The Bertz CT molecular complexity index is 1250. The van der Waals surface area contributed by atoms with Gasteiger partial charge in [-0.3, -0.25) is 4.90 Å². The Balaban J connectivity index is 0.00000533. The van der Waals surface area contributed by atoms with Gasteiger partial charge < -0.3 is 9.47 Å². The molecule has 0 heterocycles. The fourth-order valence-electron chi connectivity index (χ4n) is 3.81. The van der Waals surface area contributed by atoms with Crippen molar-refractivity contribution < 1.29 is 26.3 Å². The molecule has 0 bridgehead atoms. The van der Waals surface area contributed by atoms with Gasteiger partial charge in [0.2, 0.25) is 20.0 Å². The van der Waals surface area contributed by atoms with E-state index in [4.69, 9.17) is 9.47 Å². The summed E-state index contributed by atoms with van der Waals surface area (Å²) >= 11 is 0. The van der Waals surface area contributed by atoms with Crippen LogP contribution in [0.25, 0.3) is 0 Å². The van der Waals surface area contributed by atoms with Crippen molar-refractivity contribution >= 4 is 32.5 Å². The molecule has 0 fully saturated rings. The number of sulfonamides is 2. The van der Waals surface area contributed by atoms with Gasteiger partial charge in [0.05, 0.1) is 24.0 Å². The van der Waals surface area contributed by atoms with Crippen LogP contribution in [0.5, 0.6) is 11.5 Å². The smallest absolute Gasteiger partial charge is 0.240 e. The van der Waals surface area contributed by atoms with Crippen LogP contribution < -0.4 is 18.9 Å². The zero-order valence-corrected chi connectivity index (χ0v) is 24.5. The molecule has 214 valence electrons. The minimum Gasteiger partial charge on any atom is -0.497 e. The molecule has 0 aliphatic heterocycles. The molecule has 9 nitrogen and oxygen atoms in total. The van der Waals surface area contributed by atoms with Gasteiger partial charge in [0.25, 0.3) is 0 Å². The number of hydrogen-bond donors (Lipinski definition) is 2. The molecule has 0 spiro atoms. The van der Waals surface area contributed by atoms with Crippen molar-refractivity contribution in [3.63, 3.8) is 0 Å². The summed E-state index contributed by atoms with van der Waals surface area (Å²) in [7, 11) is -4.18. The van der Waals surface area contributed by atoms with Gasteiger partial charge in [-0.05, 0) is 80.0 Å².